The minimum atomic E-state index is -1.11. The molecule has 0 bridgehead atoms. The molecule has 2 rings (SSSR count). The van der Waals surface area contributed by atoms with E-state index in [2.05, 4.69) is 0 Å². The molecule has 0 radical (unpaired) electrons. The van der Waals surface area contributed by atoms with E-state index in [0.717, 1.165) is 0 Å². The molecule has 1 N–H and O–H groups in total. The van der Waals surface area contributed by atoms with Gasteiger partial charge in [0.2, 0.25) is 0 Å². The highest BCUT2D eigenvalue weighted by molar-refractivity contribution is 7.08. The summed E-state index contributed by atoms with van der Waals surface area (Å²) in [5.74, 6) is -1.48. The van der Waals surface area contributed by atoms with Crippen LogP contribution < -0.4 is 0 Å². The van der Waals surface area contributed by atoms with Crippen molar-refractivity contribution in [3.8, 4) is 0 Å². The Labute approximate surface area is 106 Å². The number of halogens is 1. The topological polar surface area (TPSA) is 54.4 Å². The van der Waals surface area contributed by atoms with E-state index in [1.165, 1.54) is 22.1 Å². The highest BCUT2D eigenvalue weighted by Gasteiger charge is 2.20. The molecule has 1 aromatic carbocycles. The zero-order chi connectivity index (χ0) is 12.4. The third-order valence-electron chi connectivity index (χ3n) is 2.26. The van der Waals surface area contributed by atoms with E-state index < -0.39 is 5.97 Å². The summed E-state index contributed by atoms with van der Waals surface area (Å²) >= 11 is 7.08. The van der Waals surface area contributed by atoms with Gasteiger partial charge in [0, 0.05) is 21.9 Å². The maximum atomic E-state index is 12.1. The summed E-state index contributed by atoms with van der Waals surface area (Å²) in [6.07, 6.45) is 0. The Balaban J connectivity index is 2.48. The summed E-state index contributed by atoms with van der Waals surface area (Å²) in [4.78, 5) is 23.0. The number of carbonyl (C=O) groups is 2. The molecule has 1 aromatic heterocycles. The van der Waals surface area contributed by atoms with Crippen LogP contribution in [0.4, 0.5) is 0 Å². The van der Waals surface area contributed by atoms with E-state index >= 15 is 0 Å². The molecule has 0 aliphatic rings. The van der Waals surface area contributed by atoms with E-state index in [4.69, 9.17) is 16.7 Å². The number of carbonyl (C=O) groups excluding carboxylic acids is 1. The van der Waals surface area contributed by atoms with E-state index in [1.807, 2.05) is 0 Å². The van der Waals surface area contributed by atoms with Gasteiger partial charge in [-0.1, -0.05) is 23.7 Å². The van der Waals surface area contributed by atoms with Crippen molar-refractivity contribution < 1.29 is 14.7 Å². The van der Waals surface area contributed by atoms with Crippen LogP contribution in [0.2, 0.25) is 5.02 Å². The molecule has 86 valence electrons. The van der Waals surface area contributed by atoms with Crippen molar-refractivity contribution in [2.24, 2.45) is 0 Å². The van der Waals surface area contributed by atoms with Crippen LogP contribution in [0, 0.1) is 0 Å². The third kappa shape index (κ3) is 2.23. The second-order valence-electron chi connectivity index (χ2n) is 3.31. The first-order valence-corrected chi connectivity index (χ1v) is 6.02. The molecule has 0 amide bonds. The quantitative estimate of drug-likeness (QED) is 0.867. The molecule has 5 heteroatoms. The minimum absolute atomic E-state index is 0.0138. The lowest BCUT2D eigenvalue weighted by molar-refractivity contribution is 0.0693. The van der Waals surface area contributed by atoms with Crippen molar-refractivity contribution in [3.63, 3.8) is 0 Å². The summed E-state index contributed by atoms with van der Waals surface area (Å²) in [7, 11) is 0. The Hall–Kier alpha value is -1.65. The highest BCUT2D eigenvalue weighted by Crippen LogP contribution is 2.23. The zero-order valence-electron chi connectivity index (χ0n) is 8.51. The average molecular weight is 267 g/mol. The summed E-state index contributed by atoms with van der Waals surface area (Å²) in [5.41, 5.74) is 0.505. The molecular formula is C12H7ClO3S. The van der Waals surface area contributed by atoms with Gasteiger partial charge in [-0.2, -0.15) is 11.3 Å². The first kappa shape index (κ1) is 11.8. The van der Waals surface area contributed by atoms with Gasteiger partial charge >= 0.3 is 5.97 Å². The van der Waals surface area contributed by atoms with Gasteiger partial charge in [-0.3, -0.25) is 4.79 Å². The molecule has 0 aliphatic heterocycles. The molecule has 0 fully saturated rings. The van der Waals surface area contributed by atoms with Crippen molar-refractivity contribution in [3.05, 3.63) is 56.7 Å². The van der Waals surface area contributed by atoms with E-state index in [-0.39, 0.29) is 16.9 Å². The lowest BCUT2D eigenvalue weighted by Gasteiger charge is -2.02. The van der Waals surface area contributed by atoms with Crippen molar-refractivity contribution >= 4 is 34.7 Å². The molecule has 0 saturated heterocycles. The predicted octanol–water partition coefficient (Wildman–Crippen LogP) is 3.33. The smallest absolute Gasteiger partial charge is 0.337 e. The fourth-order valence-electron chi connectivity index (χ4n) is 1.43. The van der Waals surface area contributed by atoms with Gasteiger partial charge in [0.25, 0.3) is 0 Å². The number of thiophene rings is 1. The molecular weight excluding hydrogens is 260 g/mol. The van der Waals surface area contributed by atoms with Crippen LogP contribution in [0.5, 0.6) is 0 Å². The van der Waals surface area contributed by atoms with Crippen LogP contribution in [0.25, 0.3) is 0 Å². The minimum Gasteiger partial charge on any atom is -0.478 e. The van der Waals surface area contributed by atoms with Gasteiger partial charge in [-0.15, -0.1) is 0 Å². The van der Waals surface area contributed by atoms with E-state index in [9.17, 15) is 9.59 Å². The third-order valence-corrected chi connectivity index (χ3v) is 3.33. The fraction of sp³-hybridized carbons (Fsp3) is 0. The van der Waals surface area contributed by atoms with Crippen LogP contribution in [0.3, 0.4) is 0 Å². The predicted molar refractivity (Wildman–Crippen MR) is 66.2 cm³/mol. The summed E-state index contributed by atoms with van der Waals surface area (Å²) in [6.45, 7) is 0. The summed E-state index contributed by atoms with van der Waals surface area (Å²) < 4.78 is 0. The van der Waals surface area contributed by atoms with Crippen molar-refractivity contribution in [1.82, 2.24) is 0 Å². The summed E-state index contributed by atoms with van der Waals surface area (Å²) in [5, 5.41) is 12.2. The maximum Gasteiger partial charge on any atom is 0.337 e. The largest absolute Gasteiger partial charge is 0.478 e. The van der Waals surface area contributed by atoms with E-state index in [0.29, 0.717) is 10.6 Å². The molecule has 0 saturated carbocycles. The van der Waals surface area contributed by atoms with Crippen LogP contribution >= 0.6 is 22.9 Å². The van der Waals surface area contributed by atoms with Crippen molar-refractivity contribution in [2.75, 3.05) is 0 Å². The van der Waals surface area contributed by atoms with Crippen LogP contribution in [-0.2, 0) is 0 Å². The Morgan fingerprint density at radius 1 is 1.06 bits per heavy atom. The molecule has 3 nitrogen and oxygen atoms in total. The van der Waals surface area contributed by atoms with Crippen LogP contribution in [0.15, 0.2) is 35.0 Å². The van der Waals surface area contributed by atoms with Crippen LogP contribution in [-0.4, -0.2) is 16.9 Å². The number of hydrogen-bond donors (Lipinski definition) is 1. The Bertz CT molecular complexity index is 589. The molecule has 0 spiro atoms. The second kappa shape index (κ2) is 4.69. The lowest BCUT2D eigenvalue weighted by Crippen LogP contribution is -2.07. The SMILES string of the molecule is O=C(O)c1cscc1C(=O)c1ccccc1Cl. The molecule has 0 atom stereocenters. The Kier molecular flexibility index (Phi) is 3.26. The number of carboxylic acid groups (broad SMARTS) is 1. The highest BCUT2D eigenvalue weighted by atomic mass is 35.5. The van der Waals surface area contributed by atoms with E-state index in [1.54, 1.807) is 24.3 Å². The normalized spacial score (nSPS) is 10.2. The number of hydrogen-bond acceptors (Lipinski definition) is 3. The first-order chi connectivity index (χ1) is 8.11. The van der Waals surface area contributed by atoms with Gasteiger partial charge in [-0.25, -0.2) is 4.79 Å². The number of ketones is 1. The number of rotatable bonds is 3. The maximum absolute atomic E-state index is 12.1. The average Bonchev–Trinajstić information content (AvgIpc) is 2.77. The molecule has 0 unspecified atom stereocenters. The van der Waals surface area contributed by atoms with Gasteiger partial charge in [0.15, 0.2) is 5.78 Å². The Morgan fingerprint density at radius 2 is 1.71 bits per heavy atom. The molecule has 0 aliphatic carbocycles. The first-order valence-electron chi connectivity index (χ1n) is 4.70. The molecule has 17 heavy (non-hydrogen) atoms. The molecule has 1 heterocycles. The van der Waals surface area contributed by atoms with Crippen LogP contribution in [0.1, 0.15) is 26.3 Å². The Morgan fingerprint density at radius 3 is 2.35 bits per heavy atom. The van der Waals surface area contributed by atoms with Gasteiger partial charge < -0.3 is 5.11 Å². The van der Waals surface area contributed by atoms with Gasteiger partial charge in [0.05, 0.1) is 10.6 Å². The molecule has 2 aromatic rings. The lowest BCUT2D eigenvalue weighted by atomic mass is 10.0. The van der Waals surface area contributed by atoms with Crippen molar-refractivity contribution in [2.45, 2.75) is 0 Å². The van der Waals surface area contributed by atoms with Gasteiger partial charge in [0.1, 0.15) is 0 Å². The number of benzene rings is 1. The zero-order valence-corrected chi connectivity index (χ0v) is 10.1. The second-order valence-corrected chi connectivity index (χ2v) is 4.46. The standard InChI is InChI=1S/C12H7ClO3S/c13-10-4-2-1-3-7(10)11(14)8-5-17-6-9(8)12(15)16/h1-6H,(H,15,16). The van der Waals surface area contributed by atoms with Crippen molar-refractivity contribution in [1.29, 1.82) is 0 Å². The van der Waals surface area contributed by atoms with Gasteiger partial charge in [-0.05, 0) is 12.1 Å². The number of carboxylic acids is 1. The number of aromatic carboxylic acids is 1. The monoisotopic (exact) mass is 266 g/mol. The summed E-state index contributed by atoms with van der Waals surface area (Å²) in [6, 6.07) is 6.58. The fourth-order valence-corrected chi connectivity index (χ4v) is 2.45.